The Hall–Kier alpha value is -2.49. The highest BCUT2D eigenvalue weighted by molar-refractivity contribution is 5.71. The predicted octanol–water partition coefficient (Wildman–Crippen LogP) is 6.03. The third-order valence-electron chi connectivity index (χ3n) is 5.28. The lowest BCUT2D eigenvalue weighted by atomic mass is 9.98. The minimum absolute atomic E-state index is 0.151. The maximum atomic E-state index is 14.7. The number of halogens is 1. The minimum Gasteiger partial charge on any atom is -0.350 e. The number of hydrogen-bond acceptors (Lipinski definition) is 2. The van der Waals surface area contributed by atoms with Gasteiger partial charge in [0.25, 0.3) is 0 Å². The molecule has 0 bridgehead atoms. The van der Waals surface area contributed by atoms with E-state index in [9.17, 15) is 4.39 Å². The van der Waals surface area contributed by atoms with Crippen LogP contribution < -0.4 is 0 Å². The summed E-state index contributed by atoms with van der Waals surface area (Å²) in [5.41, 5.74) is 6.13. The molecule has 1 aliphatic rings. The Kier molecular flexibility index (Phi) is 5.84. The lowest BCUT2D eigenvalue weighted by molar-refractivity contribution is -0.0462. The molecule has 0 aliphatic carbocycles. The monoisotopic (exact) mass is 376 g/mol. The van der Waals surface area contributed by atoms with Gasteiger partial charge in [0.1, 0.15) is 5.82 Å². The Morgan fingerprint density at radius 1 is 0.786 bits per heavy atom. The van der Waals surface area contributed by atoms with Crippen molar-refractivity contribution in [1.82, 2.24) is 0 Å². The molecule has 0 amide bonds. The third kappa shape index (κ3) is 4.32. The molecule has 0 radical (unpaired) electrons. The molecule has 1 aliphatic heterocycles. The number of hydrogen-bond donors (Lipinski definition) is 0. The lowest BCUT2D eigenvalue weighted by Crippen LogP contribution is -2.08. The van der Waals surface area contributed by atoms with Gasteiger partial charge < -0.3 is 9.47 Å². The van der Waals surface area contributed by atoms with Crippen LogP contribution in [0.15, 0.2) is 66.7 Å². The highest BCUT2D eigenvalue weighted by Gasteiger charge is 2.16. The van der Waals surface area contributed by atoms with E-state index in [1.165, 1.54) is 11.1 Å². The smallest absolute Gasteiger partial charge is 0.158 e. The standard InChI is InChI=1S/C25H25FO2/c1-2-18-3-7-20(8-4-18)21-9-11-22(12-10-21)23-13-5-19(17-24(23)26)6-14-25-27-15-16-28-25/h3-5,7-13,17,25H,2,6,14-16H2,1H3. The SMILES string of the molecule is CCc1ccc(-c2ccc(-c3ccc(CCC4OCCO4)cc3F)cc2)cc1. The van der Waals surface area contributed by atoms with E-state index in [4.69, 9.17) is 9.47 Å². The van der Waals surface area contributed by atoms with Gasteiger partial charge in [-0.25, -0.2) is 4.39 Å². The van der Waals surface area contributed by atoms with Crippen molar-refractivity contribution in [3.63, 3.8) is 0 Å². The zero-order chi connectivity index (χ0) is 19.3. The predicted molar refractivity (Wildman–Crippen MR) is 111 cm³/mol. The van der Waals surface area contributed by atoms with E-state index in [1.54, 1.807) is 6.07 Å². The van der Waals surface area contributed by atoms with Crippen LogP contribution in [0.2, 0.25) is 0 Å². The first kappa shape index (κ1) is 18.9. The summed E-state index contributed by atoms with van der Waals surface area (Å²) in [4.78, 5) is 0. The quantitative estimate of drug-likeness (QED) is 0.523. The fraction of sp³-hybridized carbons (Fsp3) is 0.280. The molecule has 0 N–H and O–H groups in total. The van der Waals surface area contributed by atoms with Crippen LogP contribution in [-0.2, 0) is 22.3 Å². The van der Waals surface area contributed by atoms with Gasteiger partial charge in [-0.15, -0.1) is 0 Å². The number of benzene rings is 3. The van der Waals surface area contributed by atoms with E-state index in [0.717, 1.165) is 36.0 Å². The molecule has 0 unspecified atom stereocenters. The lowest BCUT2D eigenvalue weighted by Gasteiger charge is -2.10. The summed E-state index contributed by atoms with van der Waals surface area (Å²) in [6.45, 7) is 3.45. The molecule has 3 aromatic rings. The summed E-state index contributed by atoms with van der Waals surface area (Å²) in [6, 6.07) is 22.2. The maximum absolute atomic E-state index is 14.7. The molecule has 144 valence electrons. The van der Waals surface area contributed by atoms with E-state index in [0.29, 0.717) is 18.8 Å². The molecule has 0 saturated carbocycles. The van der Waals surface area contributed by atoms with Crippen LogP contribution >= 0.6 is 0 Å². The molecule has 0 spiro atoms. The van der Waals surface area contributed by atoms with Gasteiger partial charge in [0.05, 0.1) is 13.2 Å². The summed E-state index contributed by atoms with van der Waals surface area (Å²) in [6.07, 6.45) is 2.38. The van der Waals surface area contributed by atoms with E-state index in [1.807, 2.05) is 24.3 Å². The second-order valence-electron chi connectivity index (χ2n) is 7.15. The Balaban J connectivity index is 1.47. The van der Waals surface area contributed by atoms with Crippen LogP contribution in [0.1, 0.15) is 24.5 Å². The molecule has 1 fully saturated rings. The average molecular weight is 376 g/mol. The molecular formula is C25H25FO2. The summed E-state index contributed by atoms with van der Waals surface area (Å²) < 4.78 is 25.6. The fourth-order valence-electron chi connectivity index (χ4n) is 3.58. The topological polar surface area (TPSA) is 18.5 Å². The second kappa shape index (κ2) is 8.68. The molecule has 1 heterocycles. The van der Waals surface area contributed by atoms with Crippen molar-refractivity contribution in [1.29, 1.82) is 0 Å². The Bertz CT molecular complexity index is 910. The van der Waals surface area contributed by atoms with Gasteiger partial charge in [0.2, 0.25) is 0 Å². The Morgan fingerprint density at radius 3 is 1.96 bits per heavy atom. The zero-order valence-electron chi connectivity index (χ0n) is 16.2. The Labute approximate surface area is 165 Å². The van der Waals surface area contributed by atoms with Crippen LogP contribution in [0.3, 0.4) is 0 Å². The largest absolute Gasteiger partial charge is 0.350 e. The van der Waals surface area contributed by atoms with E-state index < -0.39 is 0 Å². The van der Waals surface area contributed by atoms with Crippen LogP contribution in [0, 0.1) is 5.82 Å². The van der Waals surface area contributed by atoms with Crippen LogP contribution in [0.5, 0.6) is 0 Å². The highest BCUT2D eigenvalue weighted by atomic mass is 19.1. The van der Waals surface area contributed by atoms with Gasteiger partial charge in [-0.2, -0.15) is 0 Å². The van der Waals surface area contributed by atoms with Crippen molar-refractivity contribution in [3.05, 3.63) is 83.7 Å². The zero-order valence-corrected chi connectivity index (χ0v) is 16.2. The van der Waals surface area contributed by atoms with Crippen molar-refractivity contribution in [2.45, 2.75) is 32.5 Å². The number of ether oxygens (including phenoxy) is 2. The second-order valence-corrected chi connectivity index (χ2v) is 7.15. The van der Waals surface area contributed by atoms with Gasteiger partial charge in [-0.3, -0.25) is 0 Å². The van der Waals surface area contributed by atoms with E-state index >= 15 is 0 Å². The number of rotatable bonds is 6. The van der Waals surface area contributed by atoms with Crippen LogP contribution in [0.25, 0.3) is 22.3 Å². The molecule has 3 aromatic carbocycles. The third-order valence-corrected chi connectivity index (χ3v) is 5.28. The first-order valence-electron chi connectivity index (χ1n) is 9.94. The molecule has 28 heavy (non-hydrogen) atoms. The maximum Gasteiger partial charge on any atom is 0.158 e. The molecular weight excluding hydrogens is 351 g/mol. The molecule has 0 aromatic heterocycles. The average Bonchev–Trinajstić information content (AvgIpc) is 3.26. The van der Waals surface area contributed by atoms with Crippen molar-refractivity contribution in [3.8, 4) is 22.3 Å². The molecule has 2 nitrogen and oxygen atoms in total. The van der Waals surface area contributed by atoms with Gasteiger partial charge in [-0.05, 0) is 46.7 Å². The highest BCUT2D eigenvalue weighted by Crippen LogP contribution is 2.28. The minimum atomic E-state index is -0.189. The van der Waals surface area contributed by atoms with Gasteiger partial charge in [-0.1, -0.05) is 67.6 Å². The van der Waals surface area contributed by atoms with E-state index in [-0.39, 0.29) is 12.1 Å². The molecule has 4 rings (SSSR count). The van der Waals surface area contributed by atoms with Gasteiger partial charge >= 0.3 is 0 Å². The summed E-state index contributed by atoms with van der Waals surface area (Å²) in [5.74, 6) is -0.189. The van der Waals surface area contributed by atoms with Crippen molar-refractivity contribution >= 4 is 0 Å². The summed E-state index contributed by atoms with van der Waals surface area (Å²) in [5, 5.41) is 0. The van der Waals surface area contributed by atoms with Crippen molar-refractivity contribution in [2.75, 3.05) is 13.2 Å². The van der Waals surface area contributed by atoms with Gasteiger partial charge in [0, 0.05) is 12.0 Å². The normalized spacial score (nSPS) is 14.5. The van der Waals surface area contributed by atoms with Gasteiger partial charge in [0.15, 0.2) is 6.29 Å². The first-order valence-corrected chi connectivity index (χ1v) is 9.94. The summed E-state index contributed by atoms with van der Waals surface area (Å²) >= 11 is 0. The molecule has 0 atom stereocenters. The van der Waals surface area contributed by atoms with Crippen LogP contribution in [-0.4, -0.2) is 19.5 Å². The van der Waals surface area contributed by atoms with Crippen LogP contribution in [0.4, 0.5) is 4.39 Å². The number of aryl methyl sites for hydroxylation is 2. The molecule has 3 heteroatoms. The first-order chi connectivity index (χ1) is 13.7. The molecule has 1 saturated heterocycles. The van der Waals surface area contributed by atoms with E-state index in [2.05, 4.69) is 43.3 Å². The van der Waals surface area contributed by atoms with Crippen molar-refractivity contribution in [2.24, 2.45) is 0 Å². The fourth-order valence-corrected chi connectivity index (χ4v) is 3.58. The summed E-state index contributed by atoms with van der Waals surface area (Å²) in [7, 11) is 0. The Morgan fingerprint density at radius 2 is 1.36 bits per heavy atom. The van der Waals surface area contributed by atoms with Crippen molar-refractivity contribution < 1.29 is 13.9 Å².